The Labute approximate surface area is 116 Å². The number of hydrogen-bond acceptors (Lipinski definition) is 5. The summed E-state index contributed by atoms with van der Waals surface area (Å²) < 4.78 is 6.25. The van der Waals surface area contributed by atoms with E-state index in [1.807, 2.05) is 0 Å². The maximum Gasteiger partial charge on any atom is 0.279 e. The zero-order valence-corrected chi connectivity index (χ0v) is 11.9. The second kappa shape index (κ2) is 5.34. The van der Waals surface area contributed by atoms with Crippen molar-refractivity contribution < 1.29 is 14.6 Å². The third-order valence-corrected chi connectivity index (χ3v) is 3.61. The van der Waals surface area contributed by atoms with Crippen molar-refractivity contribution >= 4 is 5.91 Å². The van der Waals surface area contributed by atoms with Crippen LogP contribution >= 0.6 is 0 Å². The fourth-order valence-electron chi connectivity index (χ4n) is 2.19. The number of aromatic nitrogens is 2. The van der Waals surface area contributed by atoms with Crippen LogP contribution in [0.15, 0.2) is 4.79 Å². The summed E-state index contributed by atoms with van der Waals surface area (Å²) in [5, 5.41) is 16.7. The average molecular weight is 281 g/mol. The van der Waals surface area contributed by atoms with Gasteiger partial charge in [0.1, 0.15) is 11.2 Å². The Bertz CT molecular complexity index is 588. The standard InChI is InChI=1S/C13H19N3O4/c1-8-9(2)15-16(3)12(18)10(8)11(17)14-6-13(19)4-5-20-7-13/h19H,4-7H2,1-3H3,(H,14,17). The van der Waals surface area contributed by atoms with Crippen molar-refractivity contribution in [2.24, 2.45) is 7.05 Å². The van der Waals surface area contributed by atoms with Gasteiger partial charge in [0.05, 0.1) is 12.3 Å². The van der Waals surface area contributed by atoms with Gasteiger partial charge in [0.25, 0.3) is 11.5 Å². The molecular formula is C13H19N3O4. The second-order valence-electron chi connectivity index (χ2n) is 5.22. The van der Waals surface area contributed by atoms with Crippen LogP contribution in [0.3, 0.4) is 0 Å². The van der Waals surface area contributed by atoms with E-state index in [2.05, 4.69) is 10.4 Å². The molecule has 110 valence electrons. The fourth-order valence-corrected chi connectivity index (χ4v) is 2.19. The van der Waals surface area contributed by atoms with E-state index >= 15 is 0 Å². The molecule has 2 N–H and O–H groups in total. The van der Waals surface area contributed by atoms with Gasteiger partial charge in [-0.2, -0.15) is 5.10 Å². The number of ether oxygens (including phenoxy) is 1. The van der Waals surface area contributed by atoms with Crippen LogP contribution in [-0.2, 0) is 11.8 Å². The predicted octanol–water partition coefficient (Wildman–Crippen LogP) is -0.722. The summed E-state index contributed by atoms with van der Waals surface area (Å²) in [7, 11) is 1.50. The maximum absolute atomic E-state index is 12.2. The maximum atomic E-state index is 12.2. The number of aryl methyl sites for hydroxylation is 2. The summed E-state index contributed by atoms with van der Waals surface area (Å²) in [6.45, 7) is 4.16. The molecule has 1 aromatic rings. The number of hydrogen-bond donors (Lipinski definition) is 2. The van der Waals surface area contributed by atoms with Crippen LogP contribution in [0, 0.1) is 13.8 Å². The van der Waals surface area contributed by atoms with Gasteiger partial charge < -0.3 is 15.2 Å². The highest BCUT2D eigenvalue weighted by atomic mass is 16.5. The molecule has 7 nitrogen and oxygen atoms in total. The van der Waals surface area contributed by atoms with Crippen LogP contribution in [0.5, 0.6) is 0 Å². The van der Waals surface area contributed by atoms with E-state index in [1.165, 1.54) is 7.05 Å². The van der Waals surface area contributed by atoms with E-state index in [-0.39, 0.29) is 18.7 Å². The highest BCUT2D eigenvalue weighted by Crippen LogP contribution is 2.17. The lowest BCUT2D eigenvalue weighted by Gasteiger charge is -2.21. The topological polar surface area (TPSA) is 93.5 Å². The van der Waals surface area contributed by atoms with Crippen molar-refractivity contribution in [1.29, 1.82) is 0 Å². The van der Waals surface area contributed by atoms with Gasteiger partial charge in [0.15, 0.2) is 0 Å². The quantitative estimate of drug-likeness (QED) is 0.762. The van der Waals surface area contributed by atoms with Gasteiger partial charge in [-0.05, 0) is 19.4 Å². The zero-order chi connectivity index (χ0) is 14.9. The van der Waals surface area contributed by atoms with Gasteiger partial charge in [0, 0.05) is 26.6 Å². The van der Waals surface area contributed by atoms with Crippen molar-refractivity contribution in [3.63, 3.8) is 0 Å². The molecule has 1 saturated heterocycles. The minimum Gasteiger partial charge on any atom is -0.386 e. The van der Waals surface area contributed by atoms with E-state index in [9.17, 15) is 14.7 Å². The Balaban J connectivity index is 2.20. The summed E-state index contributed by atoms with van der Waals surface area (Å²) in [6.07, 6.45) is 0.472. The lowest BCUT2D eigenvalue weighted by Crippen LogP contribution is -2.45. The number of amides is 1. The van der Waals surface area contributed by atoms with E-state index in [4.69, 9.17) is 4.74 Å². The Morgan fingerprint density at radius 3 is 2.85 bits per heavy atom. The first-order valence-electron chi connectivity index (χ1n) is 6.47. The van der Waals surface area contributed by atoms with Crippen LogP contribution in [0.25, 0.3) is 0 Å². The molecule has 20 heavy (non-hydrogen) atoms. The normalized spacial score (nSPS) is 22.0. The van der Waals surface area contributed by atoms with Crippen LogP contribution in [0.2, 0.25) is 0 Å². The molecule has 0 aromatic carbocycles. The Morgan fingerprint density at radius 1 is 1.55 bits per heavy atom. The highest BCUT2D eigenvalue weighted by Gasteiger charge is 2.33. The van der Waals surface area contributed by atoms with Gasteiger partial charge >= 0.3 is 0 Å². The molecule has 1 atom stereocenters. The molecule has 0 saturated carbocycles. The summed E-state index contributed by atoms with van der Waals surface area (Å²) in [5.41, 5.74) is -0.236. The van der Waals surface area contributed by atoms with Gasteiger partial charge in [-0.3, -0.25) is 9.59 Å². The smallest absolute Gasteiger partial charge is 0.279 e. The summed E-state index contributed by atoms with van der Waals surface area (Å²) in [4.78, 5) is 24.2. The van der Waals surface area contributed by atoms with Crippen molar-refractivity contribution in [1.82, 2.24) is 15.1 Å². The summed E-state index contributed by atoms with van der Waals surface area (Å²) in [5.74, 6) is -0.492. The number of carbonyl (C=O) groups excluding carboxylic acids is 1. The van der Waals surface area contributed by atoms with Gasteiger partial charge in [-0.15, -0.1) is 0 Å². The Hall–Kier alpha value is -1.73. The first-order chi connectivity index (χ1) is 9.34. The third kappa shape index (κ3) is 2.73. The highest BCUT2D eigenvalue weighted by molar-refractivity contribution is 5.95. The van der Waals surface area contributed by atoms with Crippen molar-refractivity contribution in [3.05, 3.63) is 27.2 Å². The zero-order valence-electron chi connectivity index (χ0n) is 11.9. The monoisotopic (exact) mass is 281 g/mol. The molecule has 0 spiro atoms. The Kier molecular flexibility index (Phi) is 3.92. The van der Waals surface area contributed by atoms with Crippen LogP contribution in [0.1, 0.15) is 28.0 Å². The molecular weight excluding hydrogens is 262 g/mol. The number of nitrogens with one attached hydrogen (secondary N) is 1. The summed E-state index contributed by atoms with van der Waals surface area (Å²) in [6, 6.07) is 0. The second-order valence-corrected chi connectivity index (χ2v) is 5.22. The fraction of sp³-hybridized carbons (Fsp3) is 0.615. The number of aliphatic hydroxyl groups is 1. The van der Waals surface area contributed by atoms with E-state index in [0.717, 1.165) is 4.68 Å². The molecule has 1 aliphatic heterocycles. The van der Waals surface area contributed by atoms with Crippen molar-refractivity contribution in [2.45, 2.75) is 25.9 Å². The number of rotatable bonds is 3. The molecule has 0 bridgehead atoms. The van der Waals surface area contributed by atoms with Crippen molar-refractivity contribution in [2.75, 3.05) is 19.8 Å². The number of nitrogens with zero attached hydrogens (tertiary/aromatic N) is 2. The van der Waals surface area contributed by atoms with Gasteiger partial charge in [-0.25, -0.2) is 4.68 Å². The molecule has 0 aliphatic carbocycles. The first-order valence-corrected chi connectivity index (χ1v) is 6.47. The van der Waals surface area contributed by atoms with Gasteiger partial charge in [-0.1, -0.05) is 0 Å². The van der Waals surface area contributed by atoms with E-state index in [1.54, 1.807) is 13.8 Å². The molecule has 1 aliphatic rings. The van der Waals surface area contributed by atoms with Gasteiger partial charge in [0.2, 0.25) is 0 Å². The van der Waals surface area contributed by atoms with E-state index < -0.39 is 17.1 Å². The van der Waals surface area contributed by atoms with E-state index in [0.29, 0.717) is 24.3 Å². The van der Waals surface area contributed by atoms with Crippen LogP contribution in [0.4, 0.5) is 0 Å². The molecule has 2 rings (SSSR count). The molecule has 1 unspecified atom stereocenters. The minimum absolute atomic E-state index is 0.0653. The minimum atomic E-state index is -1.04. The molecule has 2 heterocycles. The molecule has 0 radical (unpaired) electrons. The average Bonchev–Trinajstić information content (AvgIpc) is 2.82. The summed E-state index contributed by atoms with van der Waals surface area (Å²) >= 11 is 0. The molecule has 1 amide bonds. The Morgan fingerprint density at radius 2 is 2.25 bits per heavy atom. The van der Waals surface area contributed by atoms with Crippen LogP contribution in [-0.4, -0.2) is 46.2 Å². The molecule has 1 aromatic heterocycles. The lowest BCUT2D eigenvalue weighted by atomic mass is 10.0. The third-order valence-electron chi connectivity index (χ3n) is 3.61. The first kappa shape index (κ1) is 14.7. The van der Waals surface area contributed by atoms with Crippen LogP contribution < -0.4 is 10.9 Å². The SMILES string of the molecule is Cc1nn(C)c(=O)c(C(=O)NCC2(O)CCOC2)c1C. The largest absolute Gasteiger partial charge is 0.386 e. The van der Waals surface area contributed by atoms with Crippen molar-refractivity contribution in [3.8, 4) is 0 Å². The molecule has 1 fully saturated rings. The predicted molar refractivity (Wildman–Crippen MR) is 71.7 cm³/mol. The molecule has 7 heteroatoms. The number of carbonyl (C=O) groups is 1. The lowest BCUT2D eigenvalue weighted by molar-refractivity contribution is 0.0264.